The van der Waals surface area contributed by atoms with Gasteiger partial charge in [0.25, 0.3) is 0 Å². The number of benzene rings is 3. The molecule has 0 unspecified atom stereocenters. The maximum atomic E-state index is 2.56. The van der Waals surface area contributed by atoms with Crippen molar-refractivity contribution in [1.29, 1.82) is 0 Å². The minimum atomic E-state index is -2.25. The first-order chi connectivity index (χ1) is 13.3. The second kappa shape index (κ2) is 9.52. The van der Waals surface area contributed by atoms with Gasteiger partial charge in [0.05, 0.1) is 0 Å². The Balaban J connectivity index is 2.38. The van der Waals surface area contributed by atoms with Crippen molar-refractivity contribution in [2.24, 2.45) is 0 Å². The molecule has 0 saturated carbocycles. The minimum absolute atomic E-state index is 1.15. The van der Waals surface area contributed by atoms with Crippen molar-refractivity contribution < 1.29 is 0 Å². The molecule has 0 amide bonds. The molecule has 0 aliphatic carbocycles. The summed E-state index contributed by atoms with van der Waals surface area (Å²) in [5.41, 5.74) is 0. The number of rotatable bonds is 8. The molecule has 1 heteroatoms. The Bertz CT molecular complexity index is 738. The van der Waals surface area contributed by atoms with Crippen LogP contribution in [0.15, 0.2) is 102 Å². The Kier molecular flexibility index (Phi) is 6.84. The molecule has 0 bridgehead atoms. The first-order valence-corrected chi connectivity index (χ1v) is 12.2. The normalized spacial score (nSPS) is 12.1. The van der Waals surface area contributed by atoms with Crippen molar-refractivity contribution >= 4 is 23.6 Å². The molecule has 0 aromatic heterocycles. The first-order valence-electron chi connectivity index (χ1n) is 10.2. The van der Waals surface area contributed by atoms with Crippen molar-refractivity contribution in [2.45, 2.75) is 39.5 Å². The Labute approximate surface area is 165 Å². The third-order valence-corrected chi connectivity index (χ3v) is 10.3. The molecule has 0 aliphatic heterocycles. The van der Waals surface area contributed by atoms with Gasteiger partial charge in [-0.3, -0.25) is 0 Å². The van der Waals surface area contributed by atoms with E-state index in [1.807, 2.05) is 0 Å². The SMILES string of the molecule is CCC/C=C(/CCC)[Si](c1ccccc1)(c1ccccc1)c1ccccc1. The summed E-state index contributed by atoms with van der Waals surface area (Å²) in [5, 5.41) is 6.10. The zero-order valence-electron chi connectivity index (χ0n) is 16.6. The van der Waals surface area contributed by atoms with Crippen LogP contribution in [-0.4, -0.2) is 8.07 Å². The second-order valence-corrected chi connectivity index (χ2v) is 11.0. The van der Waals surface area contributed by atoms with Crippen molar-refractivity contribution in [1.82, 2.24) is 0 Å². The molecule has 0 atom stereocenters. The highest BCUT2D eigenvalue weighted by molar-refractivity contribution is 7.16. The van der Waals surface area contributed by atoms with E-state index in [-0.39, 0.29) is 0 Å². The van der Waals surface area contributed by atoms with E-state index in [9.17, 15) is 0 Å². The maximum Gasteiger partial charge on any atom is 0.175 e. The lowest BCUT2D eigenvalue weighted by Crippen LogP contribution is -2.68. The van der Waals surface area contributed by atoms with E-state index in [4.69, 9.17) is 0 Å². The highest BCUT2D eigenvalue weighted by Gasteiger charge is 2.42. The van der Waals surface area contributed by atoms with E-state index in [0.717, 1.165) is 12.8 Å². The van der Waals surface area contributed by atoms with Crippen molar-refractivity contribution in [2.75, 3.05) is 0 Å². The summed E-state index contributed by atoms with van der Waals surface area (Å²) < 4.78 is 0. The quantitative estimate of drug-likeness (QED) is 0.376. The molecule has 0 nitrogen and oxygen atoms in total. The summed E-state index contributed by atoms with van der Waals surface area (Å²) in [5.74, 6) is 0. The van der Waals surface area contributed by atoms with E-state index in [2.05, 4.69) is 111 Å². The predicted molar refractivity (Wildman–Crippen MR) is 122 cm³/mol. The lowest BCUT2D eigenvalue weighted by Gasteiger charge is -2.36. The molecule has 0 spiro atoms. The van der Waals surface area contributed by atoms with Crippen molar-refractivity contribution in [3.05, 3.63) is 102 Å². The molecule has 0 aliphatic rings. The Morgan fingerprint density at radius 2 is 1.04 bits per heavy atom. The van der Waals surface area contributed by atoms with Crippen LogP contribution in [0.3, 0.4) is 0 Å². The van der Waals surface area contributed by atoms with Crippen LogP contribution in [0.5, 0.6) is 0 Å². The zero-order chi connectivity index (χ0) is 19.0. The van der Waals surface area contributed by atoms with E-state index in [1.54, 1.807) is 5.20 Å². The molecule has 0 radical (unpaired) electrons. The number of hydrogen-bond acceptors (Lipinski definition) is 0. The third kappa shape index (κ3) is 3.99. The highest BCUT2D eigenvalue weighted by atomic mass is 28.3. The second-order valence-electron chi connectivity index (χ2n) is 7.12. The fourth-order valence-corrected chi connectivity index (χ4v) is 9.42. The van der Waals surface area contributed by atoms with Gasteiger partial charge in [0.1, 0.15) is 0 Å². The van der Waals surface area contributed by atoms with Gasteiger partial charge < -0.3 is 0 Å². The van der Waals surface area contributed by atoms with E-state index < -0.39 is 8.07 Å². The van der Waals surface area contributed by atoms with Crippen molar-refractivity contribution in [3.63, 3.8) is 0 Å². The fourth-order valence-electron chi connectivity index (χ4n) is 4.15. The van der Waals surface area contributed by atoms with Gasteiger partial charge >= 0.3 is 0 Å². The van der Waals surface area contributed by atoms with Gasteiger partial charge in [-0.05, 0) is 28.4 Å². The van der Waals surface area contributed by atoms with Crippen LogP contribution in [0.4, 0.5) is 0 Å². The standard InChI is InChI=1S/C26H30Si/c1-3-5-16-23(15-4-2)27(24-17-9-6-10-18-24,25-19-11-7-12-20-25)26-21-13-8-14-22-26/h6-14,16-22H,3-5,15H2,1-2H3/b23-16-. The largest absolute Gasteiger partial charge is 0.175 e. The molecule has 3 aromatic rings. The van der Waals surface area contributed by atoms with Crippen LogP contribution in [0, 0.1) is 0 Å². The lowest BCUT2D eigenvalue weighted by atomic mass is 10.2. The third-order valence-electron chi connectivity index (χ3n) is 5.30. The Hall–Kier alpha value is -2.38. The summed E-state index contributed by atoms with van der Waals surface area (Å²) in [6.07, 6.45) is 7.23. The number of allylic oxidation sites excluding steroid dienone is 2. The molecule has 0 heterocycles. The van der Waals surface area contributed by atoms with Crippen LogP contribution in [0.1, 0.15) is 39.5 Å². The molecule has 0 N–H and O–H groups in total. The molecule has 138 valence electrons. The van der Waals surface area contributed by atoms with Gasteiger partial charge in [-0.25, -0.2) is 0 Å². The van der Waals surface area contributed by atoms with Crippen LogP contribution in [0.2, 0.25) is 0 Å². The summed E-state index contributed by atoms with van der Waals surface area (Å²) in [4.78, 5) is 0. The summed E-state index contributed by atoms with van der Waals surface area (Å²) >= 11 is 0. The average Bonchev–Trinajstić information content (AvgIpc) is 2.75. The number of unbranched alkanes of at least 4 members (excludes halogenated alkanes) is 1. The lowest BCUT2D eigenvalue weighted by molar-refractivity contribution is 0.905. The van der Waals surface area contributed by atoms with Gasteiger partial charge in [0.2, 0.25) is 0 Å². The predicted octanol–water partition coefficient (Wildman–Crippen LogP) is 5.22. The molecule has 3 aromatic carbocycles. The summed E-state index contributed by atoms with van der Waals surface area (Å²) in [7, 11) is -2.25. The molecular weight excluding hydrogens is 340 g/mol. The van der Waals surface area contributed by atoms with Crippen LogP contribution >= 0.6 is 0 Å². The van der Waals surface area contributed by atoms with Gasteiger partial charge in [-0.15, -0.1) is 0 Å². The van der Waals surface area contributed by atoms with Crippen molar-refractivity contribution in [3.8, 4) is 0 Å². The Morgan fingerprint density at radius 3 is 1.37 bits per heavy atom. The topological polar surface area (TPSA) is 0 Å². The van der Waals surface area contributed by atoms with Crippen LogP contribution in [-0.2, 0) is 0 Å². The molecular formula is C26H30Si. The molecule has 3 rings (SSSR count). The van der Waals surface area contributed by atoms with Crippen LogP contribution < -0.4 is 15.6 Å². The summed E-state index contributed by atoms with van der Waals surface area (Å²) in [6.45, 7) is 4.58. The zero-order valence-corrected chi connectivity index (χ0v) is 17.6. The minimum Gasteiger partial charge on any atom is -0.0882 e. The van der Waals surface area contributed by atoms with Gasteiger partial charge in [-0.1, -0.05) is 129 Å². The van der Waals surface area contributed by atoms with Gasteiger partial charge in [0.15, 0.2) is 8.07 Å². The maximum absolute atomic E-state index is 2.56. The summed E-state index contributed by atoms with van der Waals surface area (Å²) in [6, 6.07) is 33.7. The molecule has 0 saturated heterocycles. The average molecular weight is 371 g/mol. The van der Waals surface area contributed by atoms with E-state index in [0.29, 0.717) is 0 Å². The monoisotopic (exact) mass is 370 g/mol. The van der Waals surface area contributed by atoms with Gasteiger partial charge in [-0.2, -0.15) is 0 Å². The van der Waals surface area contributed by atoms with Crippen LogP contribution in [0.25, 0.3) is 0 Å². The fraction of sp³-hybridized carbons (Fsp3) is 0.231. The van der Waals surface area contributed by atoms with E-state index >= 15 is 0 Å². The molecule has 27 heavy (non-hydrogen) atoms. The van der Waals surface area contributed by atoms with E-state index in [1.165, 1.54) is 28.4 Å². The molecule has 0 fully saturated rings. The first kappa shape index (κ1) is 19.4. The van der Waals surface area contributed by atoms with Gasteiger partial charge in [0, 0.05) is 0 Å². The Morgan fingerprint density at radius 1 is 0.630 bits per heavy atom. The smallest absolute Gasteiger partial charge is 0.0882 e. The number of hydrogen-bond donors (Lipinski definition) is 0. The highest BCUT2D eigenvalue weighted by Crippen LogP contribution is 2.22.